The van der Waals surface area contributed by atoms with Crippen molar-refractivity contribution in [3.05, 3.63) is 46.3 Å². The molecule has 0 unspecified atom stereocenters. The molecule has 94 valence electrons. The Labute approximate surface area is 116 Å². The van der Waals surface area contributed by atoms with Gasteiger partial charge in [-0.15, -0.1) is 0 Å². The summed E-state index contributed by atoms with van der Waals surface area (Å²) in [6.45, 7) is 4.84. The van der Waals surface area contributed by atoms with Crippen LogP contribution in [0, 0.1) is 6.92 Å². The van der Waals surface area contributed by atoms with E-state index in [0.717, 1.165) is 17.8 Å². The lowest BCUT2D eigenvalue weighted by Crippen LogP contribution is -2.19. The van der Waals surface area contributed by atoms with Crippen molar-refractivity contribution < 1.29 is 0 Å². The quantitative estimate of drug-likeness (QED) is 0.788. The second-order valence-corrected chi connectivity index (χ2v) is 4.59. The van der Waals surface area contributed by atoms with Crippen molar-refractivity contribution in [3.63, 3.8) is 0 Å². The first-order chi connectivity index (χ1) is 8.63. The minimum absolute atomic E-state index is 0.196. The molecular weight excluding hydrogens is 269 g/mol. The van der Waals surface area contributed by atoms with Crippen LogP contribution in [0.3, 0.4) is 0 Å². The van der Waals surface area contributed by atoms with Crippen LogP contribution >= 0.6 is 23.2 Å². The van der Waals surface area contributed by atoms with Gasteiger partial charge in [0, 0.05) is 12.2 Å². The zero-order valence-corrected chi connectivity index (χ0v) is 11.7. The van der Waals surface area contributed by atoms with Crippen molar-refractivity contribution in [3.8, 4) is 0 Å². The molecule has 0 bridgehead atoms. The van der Waals surface area contributed by atoms with E-state index in [1.54, 1.807) is 0 Å². The van der Waals surface area contributed by atoms with Gasteiger partial charge in [0.05, 0.1) is 6.20 Å². The predicted octanol–water partition coefficient (Wildman–Crippen LogP) is 4.25. The average molecular weight is 282 g/mol. The molecule has 0 saturated carbocycles. The lowest BCUT2D eigenvalue weighted by atomic mass is 10.2. The van der Waals surface area contributed by atoms with Crippen LogP contribution in [0.15, 0.2) is 30.5 Å². The Kier molecular flexibility index (Phi) is 4.04. The van der Waals surface area contributed by atoms with Crippen LogP contribution in [0.2, 0.25) is 10.3 Å². The van der Waals surface area contributed by atoms with Gasteiger partial charge in [0.15, 0.2) is 5.82 Å². The molecule has 5 heteroatoms. The zero-order chi connectivity index (χ0) is 13.1. The van der Waals surface area contributed by atoms with E-state index < -0.39 is 0 Å². The number of aryl methyl sites for hydroxylation is 1. The molecule has 0 radical (unpaired) electrons. The minimum atomic E-state index is 0.196. The Morgan fingerprint density at radius 2 is 1.94 bits per heavy atom. The normalized spacial score (nSPS) is 10.4. The van der Waals surface area contributed by atoms with Gasteiger partial charge in [0.1, 0.15) is 5.02 Å². The van der Waals surface area contributed by atoms with E-state index in [2.05, 4.69) is 23.0 Å². The number of halogens is 2. The molecule has 2 rings (SSSR count). The van der Waals surface area contributed by atoms with Crippen molar-refractivity contribution in [2.45, 2.75) is 13.8 Å². The smallest absolute Gasteiger partial charge is 0.224 e. The highest BCUT2D eigenvalue weighted by Gasteiger charge is 2.15. The Hall–Kier alpha value is -1.32. The number of hydrogen-bond donors (Lipinski definition) is 0. The molecule has 0 N–H and O–H groups in total. The summed E-state index contributed by atoms with van der Waals surface area (Å²) in [5.41, 5.74) is 2.22. The third kappa shape index (κ3) is 2.57. The summed E-state index contributed by atoms with van der Waals surface area (Å²) in [5, 5.41) is 0.686. The molecule has 1 aromatic carbocycles. The molecule has 0 aliphatic carbocycles. The van der Waals surface area contributed by atoms with E-state index >= 15 is 0 Å². The Balaban J connectivity index is 2.52. The summed E-state index contributed by atoms with van der Waals surface area (Å²) in [4.78, 5) is 10.1. The van der Waals surface area contributed by atoms with Gasteiger partial charge in [-0.25, -0.2) is 4.98 Å². The van der Waals surface area contributed by atoms with Crippen molar-refractivity contribution in [1.29, 1.82) is 0 Å². The Morgan fingerprint density at radius 3 is 2.61 bits per heavy atom. The third-order valence-electron chi connectivity index (χ3n) is 2.67. The highest BCUT2D eigenvalue weighted by Crippen LogP contribution is 2.31. The van der Waals surface area contributed by atoms with Crippen LogP contribution in [0.4, 0.5) is 11.5 Å². The fourth-order valence-corrected chi connectivity index (χ4v) is 2.15. The van der Waals surface area contributed by atoms with Gasteiger partial charge >= 0.3 is 0 Å². The van der Waals surface area contributed by atoms with E-state index in [1.165, 1.54) is 6.20 Å². The lowest BCUT2D eigenvalue weighted by molar-refractivity contribution is 0.970. The molecule has 3 nitrogen and oxygen atoms in total. The molecule has 0 atom stereocenters. The number of nitrogens with zero attached hydrogens (tertiary/aromatic N) is 3. The summed E-state index contributed by atoms with van der Waals surface area (Å²) < 4.78 is 0. The number of benzene rings is 1. The SMILES string of the molecule is CCN(c1ccccc1C)c1nc(Cl)ncc1Cl. The molecular formula is C13H13Cl2N3. The fraction of sp³-hybridized carbons (Fsp3) is 0.231. The highest BCUT2D eigenvalue weighted by molar-refractivity contribution is 6.33. The number of anilines is 2. The number of para-hydroxylation sites is 1. The second kappa shape index (κ2) is 5.55. The standard InChI is InChI=1S/C13H13Cl2N3/c1-3-18(11-7-5-4-6-9(11)2)12-10(14)8-16-13(15)17-12/h4-8H,3H2,1-2H3. The number of aromatic nitrogens is 2. The molecule has 0 fully saturated rings. The Bertz CT molecular complexity index is 558. The molecule has 0 aliphatic rings. The van der Waals surface area contributed by atoms with Crippen molar-refractivity contribution in [1.82, 2.24) is 9.97 Å². The summed E-state index contributed by atoms with van der Waals surface area (Å²) in [6.07, 6.45) is 1.52. The summed E-state index contributed by atoms with van der Waals surface area (Å²) in [6, 6.07) is 8.07. The topological polar surface area (TPSA) is 29.0 Å². The van der Waals surface area contributed by atoms with Gasteiger partial charge in [0.25, 0.3) is 0 Å². The molecule has 0 amide bonds. The largest absolute Gasteiger partial charge is 0.325 e. The van der Waals surface area contributed by atoms with E-state index in [9.17, 15) is 0 Å². The van der Waals surface area contributed by atoms with Gasteiger partial charge < -0.3 is 4.90 Å². The maximum Gasteiger partial charge on any atom is 0.224 e. The van der Waals surface area contributed by atoms with E-state index in [1.807, 2.05) is 30.0 Å². The average Bonchev–Trinajstić information content (AvgIpc) is 2.36. The van der Waals surface area contributed by atoms with Crippen molar-refractivity contribution in [2.24, 2.45) is 0 Å². The van der Waals surface area contributed by atoms with Crippen LogP contribution in [0.5, 0.6) is 0 Å². The molecule has 18 heavy (non-hydrogen) atoms. The van der Waals surface area contributed by atoms with E-state index in [4.69, 9.17) is 23.2 Å². The first-order valence-corrected chi connectivity index (χ1v) is 6.40. The first-order valence-electron chi connectivity index (χ1n) is 5.64. The second-order valence-electron chi connectivity index (χ2n) is 3.84. The Morgan fingerprint density at radius 1 is 1.22 bits per heavy atom. The molecule has 0 spiro atoms. The molecule has 1 aromatic heterocycles. The molecule has 0 saturated heterocycles. The van der Waals surface area contributed by atoms with Gasteiger partial charge in [-0.05, 0) is 37.1 Å². The van der Waals surface area contributed by atoms with Gasteiger partial charge in [-0.3, -0.25) is 0 Å². The van der Waals surface area contributed by atoms with Crippen molar-refractivity contribution in [2.75, 3.05) is 11.4 Å². The summed E-state index contributed by atoms with van der Waals surface area (Å²) >= 11 is 12.0. The maximum absolute atomic E-state index is 6.15. The molecule has 2 aromatic rings. The highest BCUT2D eigenvalue weighted by atomic mass is 35.5. The van der Waals surface area contributed by atoms with Gasteiger partial charge in [0.2, 0.25) is 5.28 Å². The van der Waals surface area contributed by atoms with Crippen LogP contribution in [-0.2, 0) is 0 Å². The van der Waals surface area contributed by atoms with E-state index in [0.29, 0.717) is 10.8 Å². The first kappa shape index (κ1) is 13.1. The maximum atomic E-state index is 6.15. The van der Waals surface area contributed by atoms with Gasteiger partial charge in [-0.1, -0.05) is 29.8 Å². The summed E-state index contributed by atoms with van der Waals surface area (Å²) in [7, 11) is 0. The van der Waals surface area contributed by atoms with Crippen LogP contribution in [-0.4, -0.2) is 16.5 Å². The zero-order valence-electron chi connectivity index (χ0n) is 10.2. The van der Waals surface area contributed by atoms with E-state index in [-0.39, 0.29) is 5.28 Å². The number of rotatable bonds is 3. The van der Waals surface area contributed by atoms with Gasteiger partial charge in [-0.2, -0.15) is 4.98 Å². The summed E-state index contributed by atoms with van der Waals surface area (Å²) in [5.74, 6) is 0.633. The predicted molar refractivity (Wildman–Crippen MR) is 75.9 cm³/mol. The fourth-order valence-electron chi connectivity index (χ4n) is 1.83. The lowest BCUT2D eigenvalue weighted by Gasteiger charge is -2.24. The molecule has 0 aliphatic heterocycles. The molecule has 1 heterocycles. The monoisotopic (exact) mass is 281 g/mol. The number of hydrogen-bond acceptors (Lipinski definition) is 3. The van der Waals surface area contributed by atoms with Crippen LogP contribution < -0.4 is 4.90 Å². The van der Waals surface area contributed by atoms with Crippen LogP contribution in [0.1, 0.15) is 12.5 Å². The third-order valence-corrected chi connectivity index (χ3v) is 3.12. The van der Waals surface area contributed by atoms with Crippen LogP contribution in [0.25, 0.3) is 0 Å². The minimum Gasteiger partial charge on any atom is -0.325 e. The van der Waals surface area contributed by atoms with Crippen molar-refractivity contribution >= 4 is 34.7 Å².